The quantitative estimate of drug-likeness (QED) is 0.514. The zero-order chi connectivity index (χ0) is 9.70. The molecule has 0 aromatic carbocycles. The van der Waals surface area contributed by atoms with Crippen LogP contribution in [0.3, 0.4) is 0 Å². The van der Waals surface area contributed by atoms with Crippen LogP contribution in [-0.4, -0.2) is 7.05 Å². The lowest BCUT2D eigenvalue weighted by atomic mass is 10.5. The van der Waals surface area contributed by atoms with Gasteiger partial charge in [-0.05, 0) is 13.8 Å². The van der Waals surface area contributed by atoms with Gasteiger partial charge < -0.3 is 0 Å². The fourth-order valence-electron chi connectivity index (χ4n) is 0.215. The lowest BCUT2D eigenvalue weighted by Gasteiger charge is -1.80. The second-order valence-electron chi connectivity index (χ2n) is 1.23. The fourth-order valence-corrected chi connectivity index (χ4v) is 0.215. The first-order valence-electron chi connectivity index (χ1n) is 4.24. The van der Waals surface area contributed by atoms with Gasteiger partial charge in [-0.25, -0.2) is 0 Å². The summed E-state index contributed by atoms with van der Waals surface area (Å²) in [7, 11) is 1.66. The van der Waals surface area contributed by atoms with E-state index in [1.807, 2.05) is 47.6 Å². The van der Waals surface area contributed by atoms with Crippen molar-refractivity contribution in [1.29, 1.82) is 0 Å². The van der Waals surface area contributed by atoms with E-state index in [1.165, 1.54) is 0 Å². The summed E-state index contributed by atoms with van der Waals surface area (Å²) in [5, 5.41) is 7.29. The molecular weight excluding hydrogens is 136 g/mol. The first-order valence-corrected chi connectivity index (χ1v) is 4.24. The van der Waals surface area contributed by atoms with Gasteiger partial charge in [0.1, 0.15) is 0 Å². The molecule has 0 spiro atoms. The van der Waals surface area contributed by atoms with E-state index in [1.54, 1.807) is 7.05 Å². The fraction of sp³-hybridized carbons (Fsp3) is 0.778. The van der Waals surface area contributed by atoms with Crippen LogP contribution in [0, 0.1) is 0 Å². The Morgan fingerprint density at radius 3 is 1.55 bits per heavy atom. The lowest BCUT2D eigenvalue weighted by molar-refractivity contribution is 1.08. The van der Waals surface area contributed by atoms with E-state index >= 15 is 0 Å². The van der Waals surface area contributed by atoms with Gasteiger partial charge in [0.05, 0.1) is 5.70 Å². The van der Waals surface area contributed by atoms with Crippen molar-refractivity contribution in [3.05, 3.63) is 11.8 Å². The van der Waals surface area contributed by atoms with Crippen LogP contribution in [0.15, 0.2) is 22.0 Å². The molecule has 0 aliphatic carbocycles. The second-order valence-corrected chi connectivity index (χ2v) is 1.23. The van der Waals surface area contributed by atoms with E-state index in [4.69, 9.17) is 0 Å². The zero-order valence-corrected chi connectivity index (χ0v) is 8.97. The molecule has 0 atom stereocenters. The normalized spacial score (nSPS) is 9.55. The highest BCUT2D eigenvalue weighted by Crippen LogP contribution is 1.91. The van der Waals surface area contributed by atoms with Crippen LogP contribution in [-0.2, 0) is 0 Å². The third kappa shape index (κ3) is 26.7. The minimum Gasteiger partial charge on any atom is -0.192 e. The van der Waals surface area contributed by atoms with Gasteiger partial charge in [-0.3, -0.25) is 0 Å². The smallest absolute Gasteiger partial charge is 0.0552 e. The van der Waals surface area contributed by atoms with E-state index in [-0.39, 0.29) is 0 Å². The average molecular weight is 158 g/mol. The van der Waals surface area contributed by atoms with Gasteiger partial charge in [-0.15, -0.1) is 0 Å². The minimum absolute atomic E-state index is 0.961. The molecule has 0 aromatic heterocycles. The first-order chi connectivity index (χ1) is 5.31. The van der Waals surface area contributed by atoms with Crippen LogP contribution < -0.4 is 0 Å². The highest BCUT2D eigenvalue weighted by molar-refractivity contribution is 4.90. The summed E-state index contributed by atoms with van der Waals surface area (Å²) < 4.78 is 0. The van der Waals surface area contributed by atoms with Crippen molar-refractivity contribution in [3.63, 3.8) is 0 Å². The number of nitrogens with zero attached hydrogens (tertiary/aromatic N) is 2. The third-order valence-corrected chi connectivity index (χ3v) is 0.676. The summed E-state index contributed by atoms with van der Waals surface area (Å²) in [6.45, 7) is 11.8. The maximum atomic E-state index is 3.73. The summed E-state index contributed by atoms with van der Waals surface area (Å²) in [5.41, 5.74) is 0.961. The molecule has 2 heteroatoms. The third-order valence-electron chi connectivity index (χ3n) is 0.676. The van der Waals surface area contributed by atoms with Gasteiger partial charge in [0.15, 0.2) is 0 Å². The number of hydrogen-bond donors (Lipinski definition) is 0. The molecule has 0 radical (unpaired) electrons. The highest BCUT2D eigenvalue weighted by Gasteiger charge is 1.72. The molecule has 0 rings (SSSR count). The Balaban J connectivity index is -0.000000138. The topological polar surface area (TPSA) is 24.7 Å². The molecular formula is C9H22N2. The van der Waals surface area contributed by atoms with Crippen molar-refractivity contribution in [2.45, 2.75) is 41.5 Å². The molecule has 11 heavy (non-hydrogen) atoms. The van der Waals surface area contributed by atoms with Crippen LogP contribution in [0.1, 0.15) is 41.5 Å². The van der Waals surface area contributed by atoms with Gasteiger partial charge in [0, 0.05) is 7.05 Å². The molecule has 0 saturated carbocycles. The number of hydrogen-bond acceptors (Lipinski definition) is 2. The van der Waals surface area contributed by atoms with Crippen molar-refractivity contribution in [1.82, 2.24) is 0 Å². The minimum atomic E-state index is 0.961. The Hall–Kier alpha value is -0.660. The molecule has 0 heterocycles. The van der Waals surface area contributed by atoms with E-state index in [2.05, 4.69) is 10.2 Å². The Kier molecular flexibility index (Phi) is 34.7. The van der Waals surface area contributed by atoms with Crippen molar-refractivity contribution < 1.29 is 0 Å². The van der Waals surface area contributed by atoms with Gasteiger partial charge in [-0.2, -0.15) is 10.2 Å². The monoisotopic (exact) mass is 158 g/mol. The molecule has 0 unspecified atom stereocenters. The van der Waals surface area contributed by atoms with Crippen molar-refractivity contribution in [3.8, 4) is 0 Å². The Bertz CT molecular complexity index is 93.7. The zero-order valence-electron chi connectivity index (χ0n) is 8.97. The molecule has 2 nitrogen and oxygen atoms in total. The van der Waals surface area contributed by atoms with Crippen LogP contribution in [0.2, 0.25) is 0 Å². The number of allylic oxidation sites excluding steroid dienone is 2. The van der Waals surface area contributed by atoms with E-state index < -0.39 is 0 Å². The van der Waals surface area contributed by atoms with E-state index in [0.29, 0.717) is 0 Å². The Labute approximate surface area is 71.4 Å². The summed E-state index contributed by atoms with van der Waals surface area (Å²) in [4.78, 5) is 0. The van der Waals surface area contributed by atoms with Gasteiger partial charge in [0.2, 0.25) is 0 Å². The van der Waals surface area contributed by atoms with Crippen LogP contribution in [0.4, 0.5) is 0 Å². The molecule has 0 N–H and O–H groups in total. The van der Waals surface area contributed by atoms with Crippen molar-refractivity contribution >= 4 is 0 Å². The summed E-state index contributed by atoms with van der Waals surface area (Å²) in [6, 6.07) is 0. The maximum absolute atomic E-state index is 3.73. The summed E-state index contributed by atoms with van der Waals surface area (Å²) in [6.07, 6.45) is 1.91. The molecule has 68 valence electrons. The van der Waals surface area contributed by atoms with Crippen LogP contribution >= 0.6 is 0 Å². The van der Waals surface area contributed by atoms with Crippen molar-refractivity contribution in [2.24, 2.45) is 10.2 Å². The standard InChI is InChI=1S/C5H10N2.2C2H6/c1-4-5(2)7-6-3;2*1-2/h4H,1-3H3;2*1-2H3/b5-4-,7-6?;;. The second kappa shape index (κ2) is 22.8. The van der Waals surface area contributed by atoms with E-state index in [9.17, 15) is 0 Å². The highest BCUT2D eigenvalue weighted by atomic mass is 15.1. The van der Waals surface area contributed by atoms with E-state index in [0.717, 1.165) is 5.70 Å². The number of rotatable bonds is 1. The number of azo groups is 1. The Morgan fingerprint density at radius 2 is 1.45 bits per heavy atom. The molecule has 0 fully saturated rings. The molecule has 0 aliphatic heterocycles. The van der Waals surface area contributed by atoms with Crippen LogP contribution in [0.5, 0.6) is 0 Å². The van der Waals surface area contributed by atoms with Gasteiger partial charge >= 0.3 is 0 Å². The SMILES string of the molecule is C/C=C(/C)N=NC.CC.CC. The first kappa shape index (κ1) is 16.7. The van der Waals surface area contributed by atoms with Gasteiger partial charge in [0.25, 0.3) is 0 Å². The molecule has 0 saturated heterocycles. The summed E-state index contributed by atoms with van der Waals surface area (Å²) in [5.74, 6) is 0. The molecule has 0 aliphatic rings. The predicted octanol–water partition coefficient (Wildman–Crippen LogP) is 4.04. The molecule has 0 bridgehead atoms. The van der Waals surface area contributed by atoms with Crippen LogP contribution in [0.25, 0.3) is 0 Å². The maximum Gasteiger partial charge on any atom is 0.0552 e. The molecule has 0 amide bonds. The average Bonchev–Trinajstić information content (AvgIpc) is 2.12. The predicted molar refractivity (Wildman–Crippen MR) is 52.9 cm³/mol. The molecule has 0 aromatic rings. The summed E-state index contributed by atoms with van der Waals surface area (Å²) >= 11 is 0. The van der Waals surface area contributed by atoms with Crippen molar-refractivity contribution in [2.75, 3.05) is 7.05 Å². The largest absolute Gasteiger partial charge is 0.192 e. The van der Waals surface area contributed by atoms with Gasteiger partial charge in [-0.1, -0.05) is 33.8 Å². The Morgan fingerprint density at radius 1 is 1.09 bits per heavy atom. The lowest BCUT2D eigenvalue weighted by Crippen LogP contribution is -1.60.